The monoisotopic (exact) mass is 304 g/mol. The second-order valence-electron chi connectivity index (χ2n) is 5.73. The van der Waals surface area contributed by atoms with Crippen LogP contribution in [0.25, 0.3) is 0 Å². The number of carbonyl (C=O) groups excluding carboxylic acids is 2. The van der Waals surface area contributed by atoms with Crippen molar-refractivity contribution in [2.75, 3.05) is 20.3 Å². The molecule has 2 rings (SSSR count). The van der Waals surface area contributed by atoms with Crippen LogP contribution in [-0.2, 0) is 20.9 Å². The summed E-state index contributed by atoms with van der Waals surface area (Å²) in [6, 6.07) is 9.86. The molecule has 0 bridgehead atoms. The van der Waals surface area contributed by atoms with Crippen LogP contribution < -0.4 is 5.32 Å². The third-order valence-corrected chi connectivity index (χ3v) is 4.01. The predicted octanol–water partition coefficient (Wildman–Crippen LogP) is 1.58. The normalized spacial score (nSPS) is 19.3. The third kappa shape index (κ3) is 4.31. The van der Waals surface area contributed by atoms with Crippen molar-refractivity contribution in [2.24, 2.45) is 5.92 Å². The van der Waals surface area contributed by atoms with Crippen LogP contribution in [0.5, 0.6) is 0 Å². The molecule has 0 saturated carbocycles. The van der Waals surface area contributed by atoms with Crippen molar-refractivity contribution < 1.29 is 14.3 Å². The highest BCUT2D eigenvalue weighted by Gasteiger charge is 2.34. The van der Waals surface area contributed by atoms with E-state index in [0.29, 0.717) is 26.1 Å². The van der Waals surface area contributed by atoms with Gasteiger partial charge in [0.15, 0.2) is 0 Å². The van der Waals surface area contributed by atoms with Gasteiger partial charge in [-0.3, -0.25) is 9.59 Å². The van der Waals surface area contributed by atoms with Crippen molar-refractivity contribution in [1.82, 2.24) is 10.2 Å². The number of likely N-dealkylation sites (tertiary alicyclic amines) is 1. The summed E-state index contributed by atoms with van der Waals surface area (Å²) in [5.74, 6) is -0.265. The van der Waals surface area contributed by atoms with Gasteiger partial charge in [-0.2, -0.15) is 0 Å². The molecule has 1 aliphatic heterocycles. The van der Waals surface area contributed by atoms with Gasteiger partial charge in [0.2, 0.25) is 11.8 Å². The largest absolute Gasteiger partial charge is 0.383 e. The molecule has 0 aliphatic carbocycles. The molecule has 1 fully saturated rings. The molecule has 0 radical (unpaired) electrons. The molecule has 2 amide bonds. The average Bonchev–Trinajstić information content (AvgIpc) is 2.89. The van der Waals surface area contributed by atoms with E-state index in [1.165, 1.54) is 0 Å². The lowest BCUT2D eigenvalue weighted by Crippen LogP contribution is -2.41. The van der Waals surface area contributed by atoms with Crippen LogP contribution in [0.4, 0.5) is 0 Å². The lowest BCUT2D eigenvalue weighted by Gasteiger charge is -2.19. The maximum atomic E-state index is 12.3. The van der Waals surface area contributed by atoms with Gasteiger partial charge in [0.1, 0.15) is 0 Å². The summed E-state index contributed by atoms with van der Waals surface area (Å²) in [4.78, 5) is 26.1. The van der Waals surface area contributed by atoms with Crippen LogP contribution in [0.1, 0.15) is 25.3 Å². The Hall–Kier alpha value is -1.88. The number of ether oxygens (including phenoxy) is 1. The van der Waals surface area contributed by atoms with Gasteiger partial charge in [-0.25, -0.2) is 0 Å². The number of carbonyl (C=O) groups is 2. The highest BCUT2D eigenvalue weighted by molar-refractivity contribution is 5.89. The SMILES string of the molecule is CC[C@H](COC)NC(=O)[C@@H]1CC(=O)N(Cc2ccccc2)C1. The van der Waals surface area contributed by atoms with Gasteiger partial charge in [-0.05, 0) is 12.0 Å². The van der Waals surface area contributed by atoms with Crippen LogP contribution in [-0.4, -0.2) is 43.0 Å². The van der Waals surface area contributed by atoms with Crippen molar-refractivity contribution in [3.8, 4) is 0 Å². The quantitative estimate of drug-likeness (QED) is 0.832. The average molecular weight is 304 g/mol. The highest BCUT2D eigenvalue weighted by atomic mass is 16.5. The molecule has 0 spiro atoms. The number of benzene rings is 1. The van der Waals surface area contributed by atoms with Gasteiger partial charge in [0, 0.05) is 26.6 Å². The first-order chi connectivity index (χ1) is 10.6. The summed E-state index contributed by atoms with van der Waals surface area (Å²) >= 11 is 0. The molecule has 1 aromatic rings. The molecule has 1 saturated heterocycles. The Morgan fingerprint density at radius 1 is 1.41 bits per heavy atom. The van der Waals surface area contributed by atoms with Crippen molar-refractivity contribution in [3.63, 3.8) is 0 Å². The molecular formula is C17H24N2O3. The van der Waals surface area contributed by atoms with E-state index in [0.717, 1.165) is 12.0 Å². The van der Waals surface area contributed by atoms with Gasteiger partial charge in [0.05, 0.1) is 18.6 Å². The van der Waals surface area contributed by atoms with E-state index in [-0.39, 0.29) is 23.8 Å². The Morgan fingerprint density at radius 2 is 2.14 bits per heavy atom. The fourth-order valence-corrected chi connectivity index (χ4v) is 2.69. The third-order valence-electron chi connectivity index (χ3n) is 4.01. The van der Waals surface area contributed by atoms with Gasteiger partial charge < -0.3 is 15.0 Å². The Bertz CT molecular complexity index is 504. The first-order valence-corrected chi connectivity index (χ1v) is 7.75. The van der Waals surface area contributed by atoms with Crippen molar-refractivity contribution in [1.29, 1.82) is 0 Å². The summed E-state index contributed by atoms with van der Waals surface area (Å²) in [6.45, 7) is 3.56. The Morgan fingerprint density at radius 3 is 2.77 bits per heavy atom. The fraction of sp³-hybridized carbons (Fsp3) is 0.529. The molecule has 5 heteroatoms. The van der Waals surface area contributed by atoms with Gasteiger partial charge in [-0.15, -0.1) is 0 Å². The molecule has 1 aromatic carbocycles. The van der Waals surface area contributed by atoms with E-state index < -0.39 is 0 Å². The standard InChI is InChI=1S/C17H24N2O3/c1-3-15(12-22-2)18-17(21)14-9-16(20)19(11-14)10-13-7-5-4-6-8-13/h4-8,14-15H,3,9-12H2,1-2H3,(H,18,21)/t14-,15-/m1/s1. The van der Waals surface area contributed by atoms with E-state index in [4.69, 9.17) is 4.74 Å². The van der Waals surface area contributed by atoms with Gasteiger partial charge in [0.25, 0.3) is 0 Å². The lowest BCUT2D eigenvalue weighted by molar-refractivity contribution is -0.129. The molecule has 1 heterocycles. The minimum atomic E-state index is -0.262. The van der Waals surface area contributed by atoms with E-state index in [9.17, 15) is 9.59 Å². The zero-order chi connectivity index (χ0) is 15.9. The Balaban J connectivity index is 1.89. The second-order valence-corrected chi connectivity index (χ2v) is 5.73. The Labute approximate surface area is 131 Å². The topological polar surface area (TPSA) is 58.6 Å². The summed E-state index contributed by atoms with van der Waals surface area (Å²) in [5, 5.41) is 2.97. The molecule has 120 valence electrons. The minimum absolute atomic E-state index is 0.00998. The zero-order valence-electron chi connectivity index (χ0n) is 13.2. The summed E-state index contributed by atoms with van der Waals surface area (Å²) in [7, 11) is 1.62. The van der Waals surface area contributed by atoms with Crippen molar-refractivity contribution in [3.05, 3.63) is 35.9 Å². The zero-order valence-corrected chi connectivity index (χ0v) is 13.2. The number of rotatable bonds is 7. The predicted molar refractivity (Wildman–Crippen MR) is 84.1 cm³/mol. The van der Waals surface area contributed by atoms with Crippen LogP contribution in [0.3, 0.4) is 0 Å². The van der Waals surface area contributed by atoms with Gasteiger partial charge >= 0.3 is 0 Å². The van der Waals surface area contributed by atoms with Crippen LogP contribution in [0, 0.1) is 5.92 Å². The van der Waals surface area contributed by atoms with Crippen LogP contribution >= 0.6 is 0 Å². The van der Waals surface area contributed by atoms with Gasteiger partial charge in [-0.1, -0.05) is 37.3 Å². The number of hydrogen-bond acceptors (Lipinski definition) is 3. The molecule has 0 unspecified atom stereocenters. The minimum Gasteiger partial charge on any atom is -0.383 e. The van der Waals surface area contributed by atoms with E-state index in [2.05, 4.69) is 5.32 Å². The lowest BCUT2D eigenvalue weighted by atomic mass is 10.1. The number of nitrogens with one attached hydrogen (secondary N) is 1. The molecule has 22 heavy (non-hydrogen) atoms. The number of nitrogens with zero attached hydrogens (tertiary/aromatic N) is 1. The van der Waals surface area contributed by atoms with Crippen LogP contribution in [0.2, 0.25) is 0 Å². The second kappa shape index (κ2) is 7.94. The smallest absolute Gasteiger partial charge is 0.225 e. The van der Waals surface area contributed by atoms with Crippen molar-refractivity contribution in [2.45, 2.75) is 32.4 Å². The van der Waals surface area contributed by atoms with E-state index >= 15 is 0 Å². The molecule has 1 N–H and O–H groups in total. The molecule has 2 atom stereocenters. The van der Waals surface area contributed by atoms with Crippen LogP contribution in [0.15, 0.2) is 30.3 Å². The highest BCUT2D eigenvalue weighted by Crippen LogP contribution is 2.20. The number of amides is 2. The first-order valence-electron chi connectivity index (χ1n) is 7.75. The fourth-order valence-electron chi connectivity index (χ4n) is 2.69. The number of methoxy groups -OCH3 is 1. The number of hydrogen-bond donors (Lipinski definition) is 1. The van der Waals surface area contributed by atoms with Crippen molar-refractivity contribution >= 4 is 11.8 Å². The molecule has 0 aromatic heterocycles. The Kier molecular flexibility index (Phi) is 5.95. The van der Waals surface area contributed by atoms with E-state index in [1.54, 1.807) is 12.0 Å². The molecule has 5 nitrogen and oxygen atoms in total. The summed E-state index contributed by atoms with van der Waals surface area (Å²) in [6.07, 6.45) is 1.11. The summed E-state index contributed by atoms with van der Waals surface area (Å²) in [5.41, 5.74) is 1.09. The molecular weight excluding hydrogens is 280 g/mol. The first kappa shape index (κ1) is 16.5. The van der Waals surface area contributed by atoms with E-state index in [1.807, 2.05) is 37.3 Å². The summed E-state index contributed by atoms with van der Waals surface area (Å²) < 4.78 is 5.09. The maximum Gasteiger partial charge on any atom is 0.225 e. The maximum absolute atomic E-state index is 12.3. The molecule has 1 aliphatic rings.